The van der Waals surface area contributed by atoms with E-state index in [9.17, 15) is 14.7 Å². The van der Waals surface area contributed by atoms with E-state index in [1.54, 1.807) is 16.7 Å². The Hall–Kier alpha value is -3.79. The summed E-state index contributed by atoms with van der Waals surface area (Å²) in [4.78, 5) is 34.8. The zero-order valence-electron chi connectivity index (χ0n) is 22.9. The number of nitrogens with one attached hydrogen (secondary N) is 1. The van der Waals surface area contributed by atoms with Gasteiger partial charge in [0.2, 0.25) is 11.8 Å². The number of hydrogen-bond donors (Lipinski definition) is 2. The summed E-state index contributed by atoms with van der Waals surface area (Å²) in [5.74, 6) is 0.937. The molecule has 1 atom stereocenters. The molecule has 1 aromatic carbocycles. The molecule has 0 amide bonds. The van der Waals surface area contributed by atoms with Crippen LogP contribution in [0.25, 0.3) is 10.9 Å². The first-order valence-electron chi connectivity index (χ1n) is 13.5. The number of carbonyl (C=O) groups is 1. The summed E-state index contributed by atoms with van der Waals surface area (Å²) in [6.45, 7) is 5.68. The lowest BCUT2D eigenvalue weighted by molar-refractivity contribution is 0.0691. The Morgan fingerprint density at radius 3 is 2.38 bits per heavy atom. The molecule has 0 unspecified atom stereocenters. The molecule has 3 fully saturated rings. The molecule has 0 spiro atoms. The first-order valence-corrected chi connectivity index (χ1v) is 13.9. The Kier molecular flexibility index (Phi) is 6.21. The van der Waals surface area contributed by atoms with Crippen LogP contribution in [0, 0.1) is 13.8 Å². The molecule has 3 saturated carbocycles. The van der Waals surface area contributed by atoms with E-state index in [2.05, 4.69) is 20.5 Å². The van der Waals surface area contributed by atoms with Crippen LogP contribution < -0.4 is 10.9 Å². The van der Waals surface area contributed by atoms with Crippen molar-refractivity contribution in [2.24, 2.45) is 7.05 Å². The molecule has 0 aliphatic heterocycles. The second kappa shape index (κ2) is 9.40. The van der Waals surface area contributed by atoms with Gasteiger partial charge >= 0.3 is 5.97 Å². The smallest absolute Gasteiger partial charge is 0.356 e. The van der Waals surface area contributed by atoms with Crippen LogP contribution >= 0.6 is 11.6 Å². The van der Waals surface area contributed by atoms with Crippen LogP contribution in [-0.4, -0.2) is 35.8 Å². The fourth-order valence-electron chi connectivity index (χ4n) is 6.74. The summed E-state index contributed by atoms with van der Waals surface area (Å²) in [7, 11) is 1.82. The predicted octanol–water partition coefficient (Wildman–Crippen LogP) is 5.40. The number of halogens is 1. The molecule has 2 N–H and O–H groups in total. The largest absolute Gasteiger partial charge is 0.476 e. The van der Waals surface area contributed by atoms with Crippen molar-refractivity contribution in [3.8, 4) is 0 Å². The van der Waals surface area contributed by atoms with Crippen LogP contribution in [0.5, 0.6) is 0 Å². The van der Waals surface area contributed by atoms with Crippen LogP contribution in [0.15, 0.2) is 33.5 Å². The maximum Gasteiger partial charge on any atom is 0.356 e. The molecule has 0 saturated heterocycles. The summed E-state index contributed by atoms with van der Waals surface area (Å²) >= 11 is 5.95. The van der Waals surface area contributed by atoms with Crippen molar-refractivity contribution < 1.29 is 14.3 Å². The number of carboxylic acid groups (broad SMARTS) is 1. The molecule has 11 heteroatoms. The summed E-state index contributed by atoms with van der Waals surface area (Å²) in [6, 6.07) is 6.66. The van der Waals surface area contributed by atoms with Gasteiger partial charge in [0.1, 0.15) is 11.0 Å². The van der Waals surface area contributed by atoms with Gasteiger partial charge in [-0.1, -0.05) is 17.7 Å². The highest BCUT2D eigenvalue weighted by atomic mass is 35.5. The van der Waals surface area contributed by atoms with E-state index in [1.807, 2.05) is 40.0 Å². The summed E-state index contributed by atoms with van der Waals surface area (Å²) in [6.07, 6.45) is 5.36. The van der Waals surface area contributed by atoms with Gasteiger partial charge < -0.3 is 14.8 Å². The van der Waals surface area contributed by atoms with Gasteiger partial charge in [-0.2, -0.15) is 0 Å². The Labute approximate surface area is 235 Å². The summed E-state index contributed by atoms with van der Waals surface area (Å²) < 4.78 is 7.59. The minimum atomic E-state index is -1.18. The average Bonchev–Trinajstić information content (AvgIpc) is 3.39. The number of pyridine rings is 1. The van der Waals surface area contributed by atoms with E-state index in [0.29, 0.717) is 22.5 Å². The van der Waals surface area contributed by atoms with Crippen LogP contribution in [0.4, 0.5) is 5.69 Å². The van der Waals surface area contributed by atoms with Crippen LogP contribution in [-0.2, 0) is 17.9 Å². The fraction of sp³-hybridized carbons (Fsp3) is 0.448. The van der Waals surface area contributed by atoms with Gasteiger partial charge in [-0.05, 0) is 76.1 Å². The average molecular weight is 563 g/mol. The van der Waals surface area contributed by atoms with Crippen LogP contribution in [0.1, 0.15) is 90.7 Å². The first-order chi connectivity index (χ1) is 19.0. The minimum Gasteiger partial charge on any atom is -0.476 e. The van der Waals surface area contributed by atoms with Crippen molar-refractivity contribution in [2.45, 2.75) is 76.2 Å². The first kappa shape index (κ1) is 26.4. The SMILES string of the molecule is Cc1cc([C@@H](C)Nc2ccc(Cl)nc2C(=O)O)c2nc(C34CCC(c5nnc(C)o5)(CC3)CC4)n(C)c(=O)c2c1. The molecule has 3 heterocycles. The number of benzene rings is 1. The molecular formula is C29H31ClN6O4. The Morgan fingerprint density at radius 1 is 1.07 bits per heavy atom. The third-order valence-corrected chi connectivity index (χ3v) is 9.17. The molecule has 40 heavy (non-hydrogen) atoms. The number of hydrogen-bond acceptors (Lipinski definition) is 8. The van der Waals surface area contributed by atoms with E-state index in [0.717, 1.165) is 61.4 Å². The van der Waals surface area contributed by atoms with Gasteiger partial charge in [-0.3, -0.25) is 9.36 Å². The van der Waals surface area contributed by atoms with Crippen molar-refractivity contribution in [1.82, 2.24) is 24.7 Å². The second-order valence-corrected chi connectivity index (χ2v) is 11.8. The lowest BCUT2D eigenvalue weighted by Crippen LogP contribution is -2.49. The quantitative estimate of drug-likeness (QED) is 0.296. The molecule has 2 bridgehead atoms. The molecule has 3 aliphatic rings. The second-order valence-electron chi connectivity index (χ2n) is 11.4. The number of fused-ring (bicyclic) bond motifs is 4. The Morgan fingerprint density at radius 2 is 1.75 bits per heavy atom. The van der Waals surface area contributed by atoms with Crippen LogP contribution in [0.3, 0.4) is 0 Å². The highest BCUT2D eigenvalue weighted by Crippen LogP contribution is 2.57. The fourth-order valence-corrected chi connectivity index (χ4v) is 6.88. The van der Waals surface area contributed by atoms with Crippen LogP contribution in [0.2, 0.25) is 5.15 Å². The number of rotatable bonds is 6. The van der Waals surface area contributed by atoms with Crippen molar-refractivity contribution in [2.75, 3.05) is 5.32 Å². The lowest BCUT2D eigenvalue weighted by atomic mass is 9.53. The molecular weight excluding hydrogens is 532 g/mol. The number of aromatic nitrogens is 5. The van der Waals surface area contributed by atoms with Crippen molar-refractivity contribution in [1.29, 1.82) is 0 Å². The number of aryl methyl sites for hydroxylation is 2. The molecule has 3 aliphatic carbocycles. The number of nitrogens with zero attached hydrogens (tertiary/aromatic N) is 5. The lowest BCUT2D eigenvalue weighted by Gasteiger charge is -2.51. The zero-order valence-corrected chi connectivity index (χ0v) is 23.7. The van der Waals surface area contributed by atoms with E-state index < -0.39 is 5.97 Å². The molecule has 10 nitrogen and oxygen atoms in total. The van der Waals surface area contributed by atoms with Gasteiger partial charge in [0.25, 0.3) is 5.56 Å². The number of aromatic carboxylic acids is 1. The molecule has 208 valence electrons. The molecule has 4 aromatic rings. The highest BCUT2D eigenvalue weighted by molar-refractivity contribution is 6.29. The molecule has 0 radical (unpaired) electrons. The highest BCUT2D eigenvalue weighted by Gasteiger charge is 2.54. The van der Waals surface area contributed by atoms with Gasteiger partial charge in [0, 0.05) is 30.4 Å². The van der Waals surface area contributed by atoms with E-state index in [1.165, 1.54) is 0 Å². The van der Waals surface area contributed by atoms with Gasteiger partial charge in [-0.25, -0.2) is 14.8 Å². The van der Waals surface area contributed by atoms with Gasteiger partial charge in [-0.15, -0.1) is 10.2 Å². The van der Waals surface area contributed by atoms with E-state index >= 15 is 0 Å². The van der Waals surface area contributed by atoms with Gasteiger partial charge in [0.15, 0.2) is 5.69 Å². The maximum absolute atomic E-state index is 13.8. The van der Waals surface area contributed by atoms with Gasteiger partial charge in [0.05, 0.1) is 22.6 Å². The minimum absolute atomic E-state index is 0.0826. The summed E-state index contributed by atoms with van der Waals surface area (Å²) in [5, 5.41) is 22.0. The normalized spacial score (nSPS) is 22.9. The van der Waals surface area contributed by atoms with Crippen molar-refractivity contribution in [3.63, 3.8) is 0 Å². The number of anilines is 1. The third-order valence-electron chi connectivity index (χ3n) is 8.96. The Balaban J connectivity index is 1.41. The molecule has 7 rings (SSSR count). The topological polar surface area (TPSA) is 136 Å². The maximum atomic E-state index is 13.8. The van der Waals surface area contributed by atoms with E-state index in [4.69, 9.17) is 21.0 Å². The third kappa shape index (κ3) is 4.16. The van der Waals surface area contributed by atoms with E-state index in [-0.39, 0.29) is 33.3 Å². The zero-order chi connectivity index (χ0) is 28.4. The van der Waals surface area contributed by atoms with Crippen molar-refractivity contribution in [3.05, 3.63) is 74.2 Å². The number of carboxylic acids is 1. The summed E-state index contributed by atoms with van der Waals surface area (Å²) in [5.41, 5.74) is 2.15. The standard InChI is InChI=1S/C29H31ClN6O4/c1-15-13-18(16(2)31-20-5-6-21(30)32-23(20)25(38)39)22-19(14-15)24(37)36(4)26(33-22)28-7-10-29(11-8-28,12-9-28)27-35-34-17(3)40-27/h5-6,13-14,16,31H,7-12H2,1-4H3,(H,38,39)/t16-,28?,29?/m1/s1. The predicted molar refractivity (Wildman–Crippen MR) is 150 cm³/mol. The monoisotopic (exact) mass is 562 g/mol. The Bertz CT molecular complexity index is 1700. The molecule has 3 aromatic heterocycles. The van der Waals surface area contributed by atoms with Crippen molar-refractivity contribution >= 4 is 34.2 Å².